The van der Waals surface area contributed by atoms with Gasteiger partial charge in [0.1, 0.15) is 11.9 Å². The second kappa shape index (κ2) is 7.44. The van der Waals surface area contributed by atoms with Crippen LogP contribution in [0.2, 0.25) is 10.0 Å². The lowest BCUT2D eigenvalue weighted by atomic mass is 10.0. The molecule has 4 nitrogen and oxygen atoms in total. The second-order valence-corrected chi connectivity index (χ2v) is 5.72. The van der Waals surface area contributed by atoms with Crippen LogP contribution in [-0.4, -0.2) is 17.9 Å². The first-order valence-electron chi connectivity index (χ1n) is 6.66. The molecule has 0 aliphatic rings. The van der Waals surface area contributed by atoms with Gasteiger partial charge in [-0.3, -0.25) is 9.59 Å². The average molecular weight is 355 g/mol. The van der Waals surface area contributed by atoms with Crippen LogP contribution in [0.5, 0.6) is 0 Å². The van der Waals surface area contributed by atoms with E-state index in [-0.39, 0.29) is 12.0 Å². The van der Waals surface area contributed by atoms with Crippen LogP contribution < -0.4 is 11.1 Å². The Labute approximate surface area is 142 Å². The third-order valence-electron chi connectivity index (χ3n) is 3.17. The molecule has 0 fully saturated rings. The van der Waals surface area contributed by atoms with Gasteiger partial charge in [0.25, 0.3) is 5.91 Å². The molecule has 2 rings (SSSR count). The molecule has 0 bridgehead atoms. The molecule has 1 atom stereocenters. The molecule has 0 aliphatic heterocycles. The number of nitrogens with one attached hydrogen (secondary N) is 1. The van der Waals surface area contributed by atoms with E-state index in [1.54, 1.807) is 12.1 Å². The molecular weight excluding hydrogens is 342 g/mol. The monoisotopic (exact) mass is 354 g/mol. The predicted molar refractivity (Wildman–Crippen MR) is 87.0 cm³/mol. The highest BCUT2D eigenvalue weighted by Crippen LogP contribution is 2.22. The van der Waals surface area contributed by atoms with Gasteiger partial charge in [-0.1, -0.05) is 35.3 Å². The van der Waals surface area contributed by atoms with Gasteiger partial charge >= 0.3 is 0 Å². The van der Waals surface area contributed by atoms with Crippen LogP contribution in [0.4, 0.5) is 4.39 Å². The molecule has 3 N–H and O–H groups in total. The zero-order chi connectivity index (χ0) is 17.0. The summed E-state index contributed by atoms with van der Waals surface area (Å²) in [6.45, 7) is 0. The second-order valence-electron chi connectivity index (χ2n) is 4.88. The summed E-state index contributed by atoms with van der Waals surface area (Å²) >= 11 is 11.9. The summed E-state index contributed by atoms with van der Waals surface area (Å²) in [4.78, 5) is 23.7. The minimum Gasteiger partial charge on any atom is -0.368 e. The van der Waals surface area contributed by atoms with Gasteiger partial charge in [0.15, 0.2) is 0 Å². The van der Waals surface area contributed by atoms with E-state index in [4.69, 9.17) is 28.9 Å². The zero-order valence-corrected chi connectivity index (χ0v) is 13.4. The highest BCUT2D eigenvalue weighted by Gasteiger charge is 2.21. The van der Waals surface area contributed by atoms with Crippen molar-refractivity contribution in [3.05, 3.63) is 69.5 Å². The summed E-state index contributed by atoms with van der Waals surface area (Å²) in [5.41, 5.74) is 6.03. The highest BCUT2D eigenvalue weighted by atomic mass is 35.5. The van der Waals surface area contributed by atoms with Gasteiger partial charge in [-0.15, -0.1) is 0 Å². The largest absolute Gasteiger partial charge is 0.368 e. The van der Waals surface area contributed by atoms with E-state index in [1.807, 2.05) is 0 Å². The van der Waals surface area contributed by atoms with Crippen molar-refractivity contribution in [1.29, 1.82) is 0 Å². The molecule has 0 saturated heterocycles. The smallest absolute Gasteiger partial charge is 0.252 e. The number of nitrogens with two attached hydrogens (primary N) is 1. The first-order chi connectivity index (χ1) is 10.9. The molecule has 0 aromatic heterocycles. The van der Waals surface area contributed by atoms with Crippen molar-refractivity contribution in [3.8, 4) is 0 Å². The van der Waals surface area contributed by atoms with E-state index in [0.717, 1.165) is 6.07 Å². The normalized spacial score (nSPS) is 11.8. The van der Waals surface area contributed by atoms with Gasteiger partial charge in [0.2, 0.25) is 5.91 Å². The molecule has 0 radical (unpaired) electrons. The fourth-order valence-corrected chi connectivity index (χ4v) is 2.49. The Morgan fingerprint density at radius 1 is 1.17 bits per heavy atom. The number of benzene rings is 2. The number of hydrogen-bond acceptors (Lipinski definition) is 2. The Balaban J connectivity index is 2.16. The molecule has 0 saturated carbocycles. The molecule has 23 heavy (non-hydrogen) atoms. The van der Waals surface area contributed by atoms with Crippen LogP contribution >= 0.6 is 23.2 Å². The van der Waals surface area contributed by atoms with Gasteiger partial charge in [-0.05, 0) is 35.9 Å². The van der Waals surface area contributed by atoms with Gasteiger partial charge in [-0.2, -0.15) is 0 Å². The average Bonchev–Trinajstić information content (AvgIpc) is 2.48. The molecule has 7 heteroatoms. The van der Waals surface area contributed by atoms with Crippen LogP contribution in [0.3, 0.4) is 0 Å². The lowest BCUT2D eigenvalue weighted by Crippen LogP contribution is -2.45. The summed E-state index contributed by atoms with van der Waals surface area (Å²) in [5.74, 6) is -1.87. The number of halogens is 3. The number of amides is 2. The van der Waals surface area contributed by atoms with Crippen molar-refractivity contribution in [1.82, 2.24) is 5.32 Å². The summed E-state index contributed by atoms with van der Waals surface area (Å²) in [5, 5.41) is 3.30. The quantitative estimate of drug-likeness (QED) is 0.866. The molecular formula is C16H13Cl2FN2O2. The Bertz CT molecular complexity index is 753. The minimum absolute atomic E-state index is 0.0958. The van der Waals surface area contributed by atoms with Crippen molar-refractivity contribution in [3.63, 3.8) is 0 Å². The Morgan fingerprint density at radius 3 is 2.52 bits per heavy atom. The fourth-order valence-electron chi connectivity index (χ4n) is 2.00. The van der Waals surface area contributed by atoms with E-state index in [0.29, 0.717) is 15.6 Å². The van der Waals surface area contributed by atoms with Crippen LogP contribution in [0.15, 0.2) is 42.5 Å². The maximum absolute atomic E-state index is 13.2. The zero-order valence-electron chi connectivity index (χ0n) is 11.9. The lowest BCUT2D eigenvalue weighted by Gasteiger charge is -2.16. The molecule has 0 spiro atoms. The first kappa shape index (κ1) is 17.2. The fraction of sp³-hybridized carbons (Fsp3) is 0.125. The maximum Gasteiger partial charge on any atom is 0.252 e. The SMILES string of the molecule is NC(=O)[C@H](Cc1ccc(Cl)cc1Cl)NC(=O)c1cccc(F)c1. The highest BCUT2D eigenvalue weighted by molar-refractivity contribution is 6.35. The number of hydrogen-bond donors (Lipinski definition) is 2. The summed E-state index contributed by atoms with van der Waals surface area (Å²) in [6, 6.07) is 8.95. The molecule has 0 aliphatic carbocycles. The number of carbonyl (C=O) groups excluding carboxylic acids is 2. The van der Waals surface area contributed by atoms with Crippen molar-refractivity contribution >= 4 is 35.0 Å². The van der Waals surface area contributed by atoms with E-state index >= 15 is 0 Å². The van der Waals surface area contributed by atoms with Gasteiger partial charge in [0, 0.05) is 22.0 Å². The molecule has 2 aromatic carbocycles. The van der Waals surface area contributed by atoms with Crippen molar-refractivity contribution in [2.24, 2.45) is 5.73 Å². The Kier molecular flexibility index (Phi) is 5.58. The number of primary amides is 1. The summed E-state index contributed by atoms with van der Waals surface area (Å²) in [7, 11) is 0. The third kappa shape index (κ3) is 4.68. The van der Waals surface area contributed by atoms with Gasteiger partial charge in [-0.25, -0.2) is 4.39 Å². The molecule has 2 amide bonds. The summed E-state index contributed by atoms with van der Waals surface area (Å²) < 4.78 is 13.2. The van der Waals surface area contributed by atoms with E-state index in [2.05, 4.69) is 5.32 Å². The van der Waals surface area contributed by atoms with E-state index in [1.165, 1.54) is 24.3 Å². The summed E-state index contributed by atoms with van der Waals surface area (Å²) in [6.07, 6.45) is 0.104. The Morgan fingerprint density at radius 2 is 1.91 bits per heavy atom. The lowest BCUT2D eigenvalue weighted by molar-refractivity contribution is -0.119. The third-order valence-corrected chi connectivity index (χ3v) is 3.76. The molecule has 0 unspecified atom stereocenters. The molecule has 0 heterocycles. The van der Waals surface area contributed by atoms with Crippen LogP contribution in [-0.2, 0) is 11.2 Å². The van der Waals surface area contributed by atoms with Crippen LogP contribution in [0, 0.1) is 5.82 Å². The van der Waals surface area contributed by atoms with Gasteiger partial charge < -0.3 is 11.1 Å². The molecule has 120 valence electrons. The van der Waals surface area contributed by atoms with Gasteiger partial charge in [0.05, 0.1) is 0 Å². The Hall–Kier alpha value is -2.11. The van der Waals surface area contributed by atoms with E-state index in [9.17, 15) is 14.0 Å². The number of carbonyl (C=O) groups is 2. The minimum atomic E-state index is -0.982. The standard InChI is InChI=1S/C16H13Cl2FN2O2/c17-11-5-4-9(13(18)8-11)7-14(15(20)22)21-16(23)10-2-1-3-12(19)6-10/h1-6,8,14H,7H2,(H2,20,22)(H,21,23)/t14-/m0/s1. The van der Waals surface area contributed by atoms with Crippen molar-refractivity contribution in [2.75, 3.05) is 0 Å². The first-order valence-corrected chi connectivity index (χ1v) is 7.42. The predicted octanol–water partition coefficient (Wildman–Crippen LogP) is 2.96. The topological polar surface area (TPSA) is 72.2 Å². The maximum atomic E-state index is 13.2. The number of rotatable bonds is 5. The molecule has 2 aromatic rings. The van der Waals surface area contributed by atoms with E-state index < -0.39 is 23.7 Å². The van der Waals surface area contributed by atoms with Crippen molar-refractivity contribution < 1.29 is 14.0 Å². The van der Waals surface area contributed by atoms with Crippen molar-refractivity contribution in [2.45, 2.75) is 12.5 Å². The van der Waals surface area contributed by atoms with Crippen LogP contribution in [0.25, 0.3) is 0 Å². The van der Waals surface area contributed by atoms with Crippen LogP contribution in [0.1, 0.15) is 15.9 Å².